The third-order valence-corrected chi connectivity index (χ3v) is 4.56. The lowest BCUT2D eigenvalue weighted by molar-refractivity contribution is 0.0456. The Morgan fingerprint density at radius 2 is 2.29 bits per heavy atom. The fourth-order valence-corrected chi connectivity index (χ4v) is 3.45. The molecule has 2 aliphatic rings. The van der Waals surface area contributed by atoms with Crippen LogP contribution >= 0.6 is 0 Å². The number of amidine groups is 1. The van der Waals surface area contributed by atoms with E-state index in [-0.39, 0.29) is 5.84 Å². The first kappa shape index (κ1) is 14.3. The second-order valence-corrected chi connectivity index (χ2v) is 5.92. The lowest BCUT2D eigenvalue weighted by atomic mass is 9.99. The summed E-state index contributed by atoms with van der Waals surface area (Å²) in [6, 6.07) is 4.60. The summed E-state index contributed by atoms with van der Waals surface area (Å²) in [7, 11) is 0. The molecule has 2 fully saturated rings. The second kappa shape index (κ2) is 6.41. The van der Waals surface area contributed by atoms with Gasteiger partial charge in [-0.1, -0.05) is 17.6 Å². The van der Waals surface area contributed by atoms with Gasteiger partial charge in [0.2, 0.25) is 0 Å². The van der Waals surface area contributed by atoms with Crippen LogP contribution in [0.15, 0.2) is 23.5 Å². The van der Waals surface area contributed by atoms with Gasteiger partial charge in [-0.25, -0.2) is 0 Å². The fourth-order valence-electron chi connectivity index (χ4n) is 3.45. The van der Waals surface area contributed by atoms with Crippen molar-refractivity contribution in [1.82, 2.24) is 14.8 Å². The minimum Gasteiger partial charge on any atom is -0.409 e. The molecular formula is C15H23N5O. The third-order valence-electron chi connectivity index (χ3n) is 4.56. The Bertz CT molecular complexity index is 519. The van der Waals surface area contributed by atoms with E-state index in [1.165, 1.54) is 25.8 Å². The number of rotatable bonds is 3. The molecule has 114 valence electrons. The number of piperazine rings is 1. The van der Waals surface area contributed by atoms with Crippen LogP contribution in [0.4, 0.5) is 0 Å². The molecule has 0 amide bonds. The molecule has 21 heavy (non-hydrogen) atoms. The van der Waals surface area contributed by atoms with E-state index in [4.69, 9.17) is 10.9 Å². The molecule has 3 N–H and O–H groups in total. The number of piperidine rings is 1. The smallest absolute Gasteiger partial charge is 0.189 e. The first-order valence-corrected chi connectivity index (χ1v) is 7.66. The van der Waals surface area contributed by atoms with Crippen LogP contribution in [0.3, 0.4) is 0 Å². The summed E-state index contributed by atoms with van der Waals surface area (Å²) in [4.78, 5) is 9.32. The van der Waals surface area contributed by atoms with E-state index in [0.29, 0.717) is 11.7 Å². The predicted octanol–water partition coefficient (Wildman–Crippen LogP) is 0.846. The van der Waals surface area contributed by atoms with Crippen LogP contribution in [0, 0.1) is 0 Å². The van der Waals surface area contributed by atoms with E-state index in [2.05, 4.69) is 19.9 Å². The number of hydrogen-bond acceptors (Lipinski definition) is 5. The Morgan fingerprint density at radius 1 is 1.38 bits per heavy atom. The SMILES string of the molecule is N/C(=N/O)c1ncccc1CN1CCN2CCCCC2C1. The number of nitrogens with zero attached hydrogens (tertiary/aromatic N) is 4. The lowest BCUT2D eigenvalue weighted by Gasteiger charge is -2.44. The van der Waals surface area contributed by atoms with Gasteiger partial charge in [0.1, 0.15) is 5.69 Å². The summed E-state index contributed by atoms with van der Waals surface area (Å²) in [5.74, 6) is 0.0851. The van der Waals surface area contributed by atoms with E-state index in [1.807, 2.05) is 12.1 Å². The molecule has 0 aromatic carbocycles. The topological polar surface area (TPSA) is 78.0 Å². The highest BCUT2D eigenvalue weighted by Crippen LogP contribution is 2.22. The Hall–Kier alpha value is -1.66. The Kier molecular flexibility index (Phi) is 4.36. The van der Waals surface area contributed by atoms with Gasteiger partial charge < -0.3 is 10.9 Å². The highest BCUT2D eigenvalue weighted by atomic mass is 16.4. The molecule has 3 heterocycles. The van der Waals surface area contributed by atoms with Gasteiger partial charge in [-0.15, -0.1) is 0 Å². The van der Waals surface area contributed by atoms with Crippen LogP contribution in [0.2, 0.25) is 0 Å². The van der Waals surface area contributed by atoms with E-state index in [1.54, 1.807) is 6.20 Å². The van der Waals surface area contributed by atoms with Crippen molar-refractivity contribution in [3.05, 3.63) is 29.6 Å². The van der Waals surface area contributed by atoms with Crippen molar-refractivity contribution in [2.75, 3.05) is 26.2 Å². The summed E-state index contributed by atoms with van der Waals surface area (Å²) in [5, 5.41) is 12.0. The van der Waals surface area contributed by atoms with Gasteiger partial charge in [0.05, 0.1) is 0 Å². The van der Waals surface area contributed by atoms with Crippen molar-refractivity contribution in [2.45, 2.75) is 31.8 Å². The summed E-state index contributed by atoms with van der Waals surface area (Å²) in [6.07, 6.45) is 5.66. The summed E-state index contributed by atoms with van der Waals surface area (Å²) in [6.45, 7) is 5.37. The lowest BCUT2D eigenvalue weighted by Crippen LogP contribution is -2.54. The zero-order valence-corrected chi connectivity index (χ0v) is 12.3. The minimum atomic E-state index is 0.0851. The number of hydrogen-bond donors (Lipinski definition) is 2. The van der Waals surface area contributed by atoms with Gasteiger partial charge >= 0.3 is 0 Å². The first-order chi connectivity index (χ1) is 10.3. The molecule has 2 aliphatic heterocycles. The van der Waals surface area contributed by atoms with E-state index in [9.17, 15) is 0 Å². The molecule has 0 aliphatic carbocycles. The van der Waals surface area contributed by atoms with Gasteiger partial charge in [-0.3, -0.25) is 14.8 Å². The molecule has 3 rings (SSSR count). The van der Waals surface area contributed by atoms with Crippen molar-refractivity contribution in [1.29, 1.82) is 0 Å². The first-order valence-electron chi connectivity index (χ1n) is 7.66. The molecule has 6 heteroatoms. The quantitative estimate of drug-likeness (QED) is 0.373. The van der Waals surface area contributed by atoms with Crippen LogP contribution < -0.4 is 5.73 Å². The molecule has 1 aromatic heterocycles. The molecule has 0 saturated carbocycles. The molecule has 1 unspecified atom stereocenters. The molecule has 2 saturated heterocycles. The van der Waals surface area contributed by atoms with Gasteiger partial charge in [-0.2, -0.15) is 0 Å². The average Bonchev–Trinajstić information content (AvgIpc) is 2.54. The van der Waals surface area contributed by atoms with E-state index < -0.39 is 0 Å². The van der Waals surface area contributed by atoms with Crippen LogP contribution in [0.25, 0.3) is 0 Å². The van der Waals surface area contributed by atoms with Crippen molar-refractivity contribution < 1.29 is 5.21 Å². The number of oxime groups is 1. The fraction of sp³-hybridized carbons (Fsp3) is 0.600. The van der Waals surface area contributed by atoms with Gasteiger partial charge in [0, 0.05) is 38.4 Å². The molecule has 0 spiro atoms. The molecule has 0 bridgehead atoms. The maximum atomic E-state index is 8.88. The van der Waals surface area contributed by atoms with Crippen molar-refractivity contribution in [3.63, 3.8) is 0 Å². The summed E-state index contributed by atoms with van der Waals surface area (Å²) < 4.78 is 0. The largest absolute Gasteiger partial charge is 0.409 e. The standard InChI is InChI=1S/C15H23N5O/c16-15(18-21)14-12(4-3-6-17-14)10-19-8-9-20-7-2-1-5-13(20)11-19/h3-4,6,13,21H,1-2,5,7-11H2,(H2,16,18). The molecule has 0 radical (unpaired) electrons. The van der Waals surface area contributed by atoms with Gasteiger partial charge in [0.15, 0.2) is 5.84 Å². The van der Waals surface area contributed by atoms with Crippen molar-refractivity contribution >= 4 is 5.84 Å². The van der Waals surface area contributed by atoms with E-state index >= 15 is 0 Å². The van der Waals surface area contributed by atoms with Crippen molar-refractivity contribution in [3.8, 4) is 0 Å². The van der Waals surface area contributed by atoms with Gasteiger partial charge in [0.25, 0.3) is 0 Å². The zero-order chi connectivity index (χ0) is 14.7. The monoisotopic (exact) mass is 289 g/mol. The van der Waals surface area contributed by atoms with Crippen LogP contribution in [-0.4, -0.2) is 58.0 Å². The zero-order valence-electron chi connectivity index (χ0n) is 12.3. The number of aromatic nitrogens is 1. The average molecular weight is 289 g/mol. The van der Waals surface area contributed by atoms with Crippen molar-refractivity contribution in [2.24, 2.45) is 10.9 Å². The Morgan fingerprint density at radius 3 is 3.14 bits per heavy atom. The Balaban J connectivity index is 1.70. The molecule has 6 nitrogen and oxygen atoms in total. The maximum Gasteiger partial charge on any atom is 0.189 e. The van der Waals surface area contributed by atoms with Gasteiger partial charge in [-0.05, 0) is 31.0 Å². The second-order valence-electron chi connectivity index (χ2n) is 5.92. The minimum absolute atomic E-state index is 0.0851. The number of pyridine rings is 1. The van der Waals surface area contributed by atoms with Crippen LogP contribution in [0.5, 0.6) is 0 Å². The molecular weight excluding hydrogens is 266 g/mol. The number of fused-ring (bicyclic) bond motifs is 1. The maximum absolute atomic E-state index is 8.88. The third kappa shape index (κ3) is 3.16. The predicted molar refractivity (Wildman–Crippen MR) is 81.2 cm³/mol. The normalized spacial score (nSPS) is 24.8. The number of nitrogens with two attached hydrogens (primary N) is 1. The summed E-state index contributed by atoms with van der Waals surface area (Å²) >= 11 is 0. The highest BCUT2D eigenvalue weighted by molar-refractivity contribution is 5.96. The summed E-state index contributed by atoms with van der Waals surface area (Å²) in [5.41, 5.74) is 7.33. The highest BCUT2D eigenvalue weighted by Gasteiger charge is 2.29. The molecule has 1 atom stereocenters. The van der Waals surface area contributed by atoms with E-state index in [0.717, 1.165) is 31.7 Å². The molecule has 1 aromatic rings. The van der Waals surface area contributed by atoms with Crippen LogP contribution in [0.1, 0.15) is 30.5 Å². The van der Waals surface area contributed by atoms with Crippen LogP contribution in [-0.2, 0) is 6.54 Å². The Labute approximate surface area is 125 Å².